The predicted octanol–water partition coefficient (Wildman–Crippen LogP) is 1.19. The number of likely N-dealkylation sites (tertiary alicyclic amines) is 1. The summed E-state index contributed by atoms with van der Waals surface area (Å²) >= 11 is 0. The smallest absolute Gasteiger partial charge is 0.274 e. The van der Waals surface area contributed by atoms with Gasteiger partial charge in [0.25, 0.3) is 5.91 Å². The largest absolute Gasteiger partial charge is 0.333 e. The van der Waals surface area contributed by atoms with E-state index in [2.05, 4.69) is 9.97 Å². The summed E-state index contributed by atoms with van der Waals surface area (Å²) in [6.07, 6.45) is 3.54. The lowest BCUT2D eigenvalue weighted by Gasteiger charge is -2.22. The number of fused-ring (bicyclic) bond motifs is 1. The number of para-hydroxylation sites is 2. The highest BCUT2D eigenvalue weighted by Crippen LogP contribution is 2.19. The fourth-order valence-electron chi connectivity index (χ4n) is 2.56. The summed E-state index contributed by atoms with van der Waals surface area (Å²) in [5.74, 6) is -0.0637. The van der Waals surface area contributed by atoms with Crippen molar-refractivity contribution in [3.63, 3.8) is 0 Å². The monoisotopic (exact) mass is 256 g/mol. The molecule has 1 atom stereocenters. The van der Waals surface area contributed by atoms with Crippen molar-refractivity contribution >= 4 is 16.9 Å². The number of hydrogen-bond acceptors (Lipinski definition) is 4. The van der Waals surface area contributed by atoms with Crippen LogP contribution in [0.15, 0.2) is 30.5 Å². The summed E-state index contributed by atoms with van der Waals surface area (Å²) in [6, 6.07) is 7.69. The summed E-state index contributed by atoms with van der Waals surface area (Å²) in [6.45, 7) is 1.27. The average Bonchev–Trinajstić information content (AvgIpc) is 2.94. The van der Waals surface area contributed by atoms with Gasteiger partial charge < -0.3 is 10.6 Å². The lowest BCUT2D eigenvalue weighted by molar-refractivity contribution is 0.0735. The molecular weight excluding hydrogens is 240 g/mol. The highest BCUT2D eigenvalue weighted by atomic mass is 16.2. The summed E-state index contributed by atoms with van der Waals surface area (Å²) in [5, 5.41) is 0. The highest BCUT2D eigenvalue weighted by Gasteiger charge is 2.29. The van der Waals surface area contributed by atoms with Crippen LogP contribution >= 0.6 is 0 Å². The number of nitrogens with two attached hydrogens (primary N) is 1. The second kappa shape index (κ2) is 4.93. The SMILES string of the molecule is NCC1CCCN1C(=O)c1cnc2ccccc2n1. The fraction of sp³-hybridized carbons (Fsp3) is 0.357. The van der Waals surface area contributed by atoms with Crippen LogP contribution in [0.3, 0.4) is 0 Å². The topological polar surface area (TPSA) is 72.1 Å². The molecule has 5 nitrogen and oxygen atoms in total. The van der Waals surface area contributed by atoms with Crippen LogP contribution in [0.5, 0.6) is 0 Å². The van der Waals surface area contributed by atoms with E-state index in [9.17, 15) is 4.79 Å². The van der Waals surface area contributed by atoms with E-state index in [1.807, 2.05) is 29.2 Å². The van der Waals surface area contributed by atoms with E-state index in [1.165, 1.54) is 0 Å². The van der Waals surface area contributed by atoms with E-state index in [0.29, 0.717) is 12.2 Å². The molecule has 2 heterocycles. The average molecular weight is 256 g/mol. The molecule has 19 heavy (non-hydrogen) atoms. The first-order valence-corrected chi connectivity index (χ1v) is 6.52. The number of nitrogens with zero attached hydrogens (tertiary/aromatic N) is 3. The minimum atomic E-state index is -0.0637. The first kappa shape index (κ1) is 12.0. The van der Waals surface area contributed by atoms with Crippen molar-refractivity contribution in [1.82, 2.24) is 14.9 Å². The maximum atomic E-state index is 12.4. The van der Waals surface area contributed by atoms with Crippen molar-refractivity contribution in [2.75, 3.05) is 13.1 Å². The van der Waals surface area contributed by atoms with Crippen LogP contribution in [0, 0.1) is 0 Å². The number of benzene rings is 1. The molecule has 0 spiro atoms. The van der Waals surface area contributed by atoms with Gasteiger partial charge in [-0.2, -0.15) is 0 Å². The molecule has 98 valence electrons. The van der Waals surface area contributed by atoms with Gasteiger partial charge in [-0.05, 0) is 25.0 Å². The van der Waals surface area contributed by atoms with Gasteiger partial charge in [0.05, 0.1) is 17.2 Å². The summed E-state index contributed by atoms with van der Waals surface area (Å²) < 4.78 is 0. The molecule has 0 bridgehead atoms. The highest BCUT2D eigenvalue weighted by molar-refractivity contribution is 5.94. The zero-order valence-electron chi connectivity index (χ0n) is 10.6. The Hall–Kier alpha value is -2.01. The van der Waals surface area contributed by atoms with Crippen LogP contribution in [0.4, 0.5) is 0 Å². The number of amides is 1. The van der Waals surface area contributed by atoms with E-state index >= 15 is 0 Å². The number of hydrogen-bond donors (Lipinski definition) is 1. The molecule has 0 saturated carbocycles. The third-order valence-electron chi connectivity index (χ3n) is 3.58. The summed E-state index contributed by atoms with van der Waals surface area (Å²) in [4.78, 5) is 22.9. The molecule has 3 rings (SSSR count). The van der Waals surface area contributed by atoms with E-state index in [4.69, 9.17) is 5.73 Å². The van der Waals surface area contributed by atoms with Crippen LogP contribution in [-0.4, -0.2) is 39.9 Å². The number of carbonyl (C=O) groups is 1. The van der Waals surface area contributed by atoms with Gasteiger partial charge in [-0.1, -0.05) is 12.1 Å². The molecule has 1 unspecified atom stereocenters. The number of aromatic nitrogens is 2. The lowest BCUT2D eigenvalue weighted by Crippen LogP contribution is -2.40. The molecule has 1 saturated heterocycles. The van der Waals surface area contributed by atoms with Crippen LogP contribution in [0.25, 0.3) is 11.0 Å². The first-order chi connectivity index (χ1) is 9.29. The zero-order valence-corrected chi connectivity index (χ0v) is 10.6. The normalized spacial score (nSPS) is 19.0. The van der Waals surface area contributed by atoms with E-state index in [1.54, 1.807) is 6.20 Å². The molecule has 0 radical (unpaired) electrons. The minimum absolute atomic E-state index is 0.0637. The third kappa shape index (κ3) is 2.17. The molecule has 2 aromatic rings. The van der Waals surface area contributed by atoms with Crippen LogP contribution in [-0.2, 0) is 0 Å². The van der Waals surface area contributed by atoms with Gasteiger partial charge in [-0.3, -0.25) is 9.78 Å². The molecule has 1 aliphatic heterocycles. The molecule has 5 heteroatoms. The molecule has 1 aliphatic rings. The van der Waals surface area contributed by atoms with Gasteiger partial charge in [0.2, 0.25) is 0 Å². The van der Waals surface area contributed by atoms with E-state index < -0.39 is 0 Å². The fourth-order valence-corrected chi connectivity index (χ4v) is 2.56. The Morgan fingerprint density at radius 3 is 2.95 bits per heavy atom. The predicted molar refractivity (Wildman–Crippen MR) is 72.7 cm³/mol. The van der Waals surface area contributed by atoms with Crippen molar-refractivity contribution in [3.05, 3.63) is 36.2 Å². The number of carbonyl (C=O) groups excluding carboxylic acids is 1. The van der Waals surface area contributed by atoms with Gasteiger partial charge in [0.15, 0.2) is 0 Å². The van der Waals surface area contributed by atoms with Crippen molar-refractivity contribution in [1.29, 1.82) is 0 Å². The maximum Gasteiger partial charge on any atom is 0.274 e. The molecule has 1 fully saturated rings. The summed E-state index contributed by atoms with van der Waals surface area (Å²) in [7, 11) is 0. The zero-order chi connectivity index (χ0) is 13.2. The van der Waals surface area contributed by atoms with Gasteiger partial charge in [-0.25, -0.2) is 4.98 Å². The Bertz CT molecular complexity index is 613. The first-order valence-electron chi connectivity index (χ1n) is 6.52. The Kier molecular flexibility index (Phi) is 3.13. The molecule has 2 N–H and O–H groups in total. The minimum Gasteiger partial charge on any atom is -0.333 e. The standard InChI is InChI=1S/C14H16N4O/c15-8-10-4-3-7-18(10)14(19)13-9-16-11-5-1-2-6-12(11)17-13/h1-2,5-6,9-10H,3-4,7-8,15H2. The van der Waals surface area contributed by atoms with Gasteiger partial charge in [0.1, 0.15) is 5.69 Å². The van der Waals surface area contributed by atoms with Crippen molar-refractivity contribution in [3.8, 4) is 0 Å². The van der Waals surface area contributed by atoms with Gasteiger partial charge >= 0.3 is 0 Å². The molecule has 1 amide bonds. The number of rotatable bonds is 2. The van der Waals surface area contributed by atoms with Crippen LogP contribution in [0.1, 0.15) is 23.3 Å². The second-order valence-electron chi connectivity index (χ2n) is 4.77. The van der Waals surface area contributed by atoms with Crippen molar-refractivity contribution in [2.24, 2.45) is 5.73 Å². The second-order valence-corrected chi connectivity index (χ2v) is 4.77. The van der Waals surface area contributed by atoms with Crippen molar-refractivity contribution in [2.45, 2.75) is 18.9 Å². The molecule has 1 aromatic carbocycles. The van der Waals surface area contributed by atoms with Crippen LogP contribution < -0.4 is 5.73 Å². The Balaban J connectivity index is 1.93. The molecular formula is C14H16N4O. The maximum absolute atomic E-state index is 12.4. The lowest BCUT2D eigenvalue weighted by atomic mass is 10.2. The quantitative estimate of drug-likeness (QED) is 0.876. The Morgan fingerprint density at radius 1 is 1.37 bits per heavy atom. The van der Waals surface area contributed by atoms with Gasteiger partial charge in [-0.15, -0.1) is 0 Å². The Morgan fingerprint density at radius 2 is 2.16 bits per heavy atom. The Labute approximate surface area is 111 Å². The molecule has 0 aliphatic carbocycles. The van der Waals surface area contributed by atoms with E-state index in [0.717, 1.165) is 30.4 Å². The molecule has 1 aromatic heterocycles. The third-order valence-corrected chi connectivity index (χ3v) is 3.58. The van der Waals surface area contributed by atoms with Gasteiger partial charge in [0, 0.05) is 19.1 Å². The summed E-state index contributed by atoms with van der Waals surface area (Å²) in [5.41, 5.74) is 7.65. The van der Waals surface area contributed by atoms with Crippen molar-refractivity contribution < 1.29 is 4.79 Å². The van der Waals surface area contributed by atoms with Crippen LogP contribution in [0.2, 0.25) is 0 Å². The van der Waals surface area contributed by atoms with E-state index in [-0.39, 0.29) is 11.9 Å².